The number of benzene rings is 3. The number of aliphatic imine (C=N–C) groups is 1. The molecule has 0 spiro atoms. The number of para-hydroxylation sites is 1. The summed E-state index contributed by atoms with van der Waals surface area (Å²) >= 11 is 6.02. The second-order valence-corrected chi connectivity index (χ2v) is 7.07. The highest BCUT2D eigenvalue weighted by molar-refractivity contribution is 6.30. The maximum absolute atomic E-state index is 12.8. The van der Waals surface area contributed by atoms with E-state index < -0.39 is 5.63 Å². The Bertz CT molecular complexity index is 1280. The third-order valence-electron chi connectivity index (χ3n) is 4.72. The van der Waals surface area contributed by atoms with E-state index in [0.717, 1.165) is 11.3 Å². The van der Waals surface area contributed by atoms with Crippen LogP contribution < -0.4 is 10.4 Å². The Kier molecular flexibility index (Phi) is 5.55. The number of rotatable bonds is 5. The number of nitrogens with zero attached hydrogens (tertiary/aromatic N) is 1. The number of ether oxygens (including phenoxy) is 1. The van der Waals surface area contributed by atoms with Gasteiger partial charge in [-0.3, -0.25) is 4.99 Å². The lowest BCUT2D eigenvalue weighted by molar-refractivity contribution is 0.414. The van der Waals surface area contributed by atoms with Crippen LogP contribution in [-0.2, 0) is 6.54 Å². The van der Waals surface area contributed by atoms with Gasteiger partial charge in [-0.05, 0) is 42.0 Å². The molecule has 0 aliphatic carbocycles. The van der Waals surface area contributed by atoms with Gasteiger partial charge < -0.3 is 14.3 Å². The molecule has 3 aromatic carbocycles. The number of methoxy groups -OCH3 is 1. The molecule has 0 unspecified atom stereocenters. The van der Waals surface area contributed by atoms with E-state index in [4.69, 9.17) is 20.8 Å². The molecule has 4 rings (SSSR count). The zero-order chi connectivity index (χ0) is 21.1. The molecule has 1 heterocycles. The standard InChI is InChI=1S/C24H18ClNO4/c1-29-18-12-6-15(7-13-18)14-26-22(16-8-10-17(25)11-9-16)21-23(27)19-4-2-3-5-20(19)30-24(21)28/h2-13,27H,14H2,1H3. The Balaban J connectivity index is 1.86. The molecule has 6 heteroatoms. The van der Waals surface area contributed by atoms with Gasteiger partial charge in [-0.25, -0.2) is 4.79 Å². The molecular weight excluding hydrogens is 402 g/mol. The molecular formula is C24H18ClNO4. The van der Waals surface area contributed by atoms with E-state index in [-0.39, 0.29) is 11.3 Å². The molecule has 0 fully saturated rings. The molecule has 150 valence electrons. The summed E-state index contributed by atoms with van der Waals surface area (Å²) in [6.45, 7) is 0.299. The van der Waals surface area contributed by atoms with Gasteiger partial charge in [0.05, 0.1) is 24.8 Å². The maximum atomic E-state index is 12.8. The first-order valence-electron chi connectivity index (χ1n) is 9.25. The summed E-state index contributed by atoms with van der Waals surface area (Å²) in [6, 6.07) is 21.2. The fourth-order valence-corrected chi connectivity index (χ4v) is 3.29. The lowest BCUT2D eigenvalue weighted by atomic mass is 10.0. The summed E-state index contributed by atoms with van der Waals surface area (Å²) in [4.78, 5) is 17.4. The topological polar surface area (TPSA) is 72.0 Å². The zero-order valence-corrected chi connectivity index (χ0v) is 16.9. The first kappa shape index (κ1) is 19.7. The predicted octanol–water partition coefficient (Wildman–Crippen LogP) is 5.20. The number of halogens is 1. The summed E-state index contributed by atoms with van der Waals surface area (Å²) in [5.41, 5.74) is 1.57. The van der Waals surface area contributed by atoms with Crippen LogP contribution >= 0.6 is 11.6 Å². The Labute approximate surface area is 177 Å². The molecule has 0 aliphatic heterocycles. The minimum atomic E-state index is -0.658. The molecule has 0 amide bonds. The van der Waals surface area contributed by atoms with Crippen molar-refractivity contribution >= 4 is 28.3 Å². The van der Waals surface area contributed by atoms with Crippen molar-refractivity contribution in [3.8, 4) is 11.5 Å². The van der Waals surface area contributed by atoms with Crippen LogP contribution in [0, 0.1) is 0 Å². The van der Waals surface area contributed by atoms with Crippen LogP contribution in [0.2, 0.25) is 5.02 Å². The Morgan fingerprint density at radius 3 is 2.43 bits per heavy atom. The Hall–Kier alpha value is -3.57. The molecule has 1 N–H and O–H groups in total. The number of hydrogen-bond acceptors (Lipinski definition) is 5. The van der Waals surface area contributed by atoms with E-state index in [9.17, 15) is 9.90 Å². The van der Waals surface area contributed by atoms with Gasteiger partial charge in [-0.1, -0.05) is 48.0 Å². The molecule has 4 aromatic rings. The summed E-state index contributed by atoms with van der Waals surface area (Å²) in [5.74, 6) is 0.582. The van der Waals surface area contributed by atoms with Crippen LogP contribution in [0.25, 0.3) is 11.0 Å². The first-order valence-corrected chi connectivity index (χ1v) is 9.63. The van der Waals surface area contributed by atoms with E-state index in [1.54, 1.807) is 55.6 Å². The molecule has 30 heavy (non-hydrogen) atoms. The quantitative estimate of drug-likeness (QED) is 0.356. The Morgan fingerprint density at radius 1 is 1.03 bits per heavy atom. The van der Waals surface area contributed by atoms with Crippen molar-refractivity contribution in [2.45, 2.75) is 6.54 Å². The van der Waals surface area contributed by atoms with Crippen molar-refractivity contribution in [2.75, 3.05) is 7.11 Å². The van der Waals surface area contributed by atoms with Crippen molar-refractivity contribution in [3.63, 3.8) is 0 Å². The minimum absolute atomic E-state index is 0.0181. The van der Waals surface area contributed by atoms with Crippen molar-refractivity contribution in [1.82, 2.24) is 0 Å². The van der Waals surface area contributed by atoms with Gasteiger partial charge in [0.25, 0.3) is 0 Å². The smallest absolute Gasteiger partial charge is 0.349 e. The third kappa shape index (κ3) is 3.93. The van der Waals surface area contributed by atoms with Crippen LogP contribution in [-0.4, -0.2) is 17.9 Å². The molecule has 0 radical (unpaired) electrons. The van der Waals surface area contributed by atoms with Gasteiger partial charge >= 0.3 is 5.63 Å². The molecule has 0 saturated heterocycles. The highest BCUT2D eigenvalue weighted by Gasteiger charge is 2.20. The van der Waals surface area contributed by atoms with Crippen LogP contribution in [0.3, 0.4) is 0 Å². The van der Waals surface area contributed by atoms with E-state index in [0.29, 0.717) is 33.8 Å². The van der Waals surface area contributed by atoms with Gasteiger partial charge in [0.2, 0.25) is 0 Å². The third-order valence-corrected chi connectivity index (χ3v) is 4.97. The molecule has 5 nitrogen and oxygen atoms in total. The molecule has 0 bridgehead atoms. The normalized spacial score (nSPS) is 11.6. The van der Waals surface area contributed by atoms with Crippen LogP contribution in [0.5, 0.6) is 11.5 Å². The summed E-state index contributed by atoms with van der Waals surface area (Å²) in [6.07, 6.45) is 0. The molecule has 1 aromatic heterocycles. The van der Waals surface area contributed by atoms with Gasteiger partial charge in [0.1, 0.15) is 22.6 Å². The van der Waals surface area contributed by atoms with E-state index in [2.05, 4.69) is 4.99 Å². The van der Waals surface area contributed by atoms with Crippen LogP contribution in [0.15, 0.2) is 87.0 Å². The number of aromatic hydroxyl groups is 1. The van der Waals surface area contributed by atoms with E-state index >= 15 is 0 Å². The van der Waals surface area contributed by atoms with Crippen molar-refractivity contribution < 1.29 is 14.3 Å². The minimum Gasteiger partial charge on any atom is -0.506 e. The largest absolute Gasteiger partial charge is 0.506 e. The van der Waals surface area contributed by atoms with Crippen LogP contribution in [0.4, 0.5) is 0 Å². The Morgan fingerprint density at radius 2 is 1.73 bits per heavy atom. The van der Waals surface area contributed by atoms with Crippen molar-refractivity contribution in [2.24, 2.45) is 4.99 Å². The number of hydrogen-bond donors (Lipinski definition) is 1. The number of fused-ring (bicyclic) bond motifs is 1. The van der Waals surface area contributed by atoms with Gasteiger partial charge in [0.15, 0.2) is 0 Å². The lowest BCUT2D eigenvalue weighted by Crippen LogP contribution is -2.17. The fraction of sp³-hybridized carbons (Fsp3) is 0.0833. The predicted molar refractivity (Wildman–Crippen MR) is 118 cm³/mol. The summed E-state index contributed by atoms with van der Waals surface area (Å²) in [5, 5.41) is 11.9. The van der Waals surface area contributed by atoms with Crippen LogP contribution in [0.1, 0.15) is 16.7 Å². The molecule has 0 aliphatic rings. The highest BCUT2D eigenvalue weighted by atomic mass is 35.5. The highest BCUT2D eigenvalue weighted by Crippen LogP contribution is 2.28. The zero-order valence-electron chi connectivity index (χ0n) is 16.1. The average molecular weight is 420 g/mol. The fourth-order valence-electron chi connectivity index (χ4n) is 3.17. The SMILES string of the molecule is COc1ccc(CN=C(c2ccc(Cl)cc2)c2c(O)c3ccccc3oc2=O)cc1. The summed E-state index contributed by atoms with van der Waals surface area (Å²) in [7, 11) is 1.60. The second kappa shape index (κ2) is 8.43. The first-order chi connectivity index (χ1) is 14.6. The summed E-state index contributed by atoms with van der Waals surface area (Å²) < 4.78 is 10.6. The van der Waals surface area contributed by atoms with E-state index in [1.807, 2.05) is 24.3 Å². The van der Waals surface area contributed by atoms with Crippen molar-refractivity contribution in [1.29, 1.82) is 0 Å². The van der Waals surface area contributed by atoms with Crippen molar-refractivity contribution in [3.05, 3.63) is 105 Å². The van der Waals surface area contributed by atoms with Gasteiger partial charge in [-0.2, -0.15) is 0 Å². The average Bonchev–Trinajstić information content (AvgIpc) is 2.77. The van der Waals surface area contributed by atoms with E-state index in [1.165, 1.54) is 0 Å². The molecule has 0 saturated carbocycles. The van der Waals surface area contributed by atoms with Gasteiger partial charge in [0, 0.05) is 10.6 Å². The second-order valence-electron chi connectivity index (χ2n) is 6.63. The lowest BCUT2D eigenvalue weighted by Gasteiger charge is -2.11. The monoisotopic (exact) mass is 419 g/mol. The maximum Gasteiger partial charge on any atom is 0.349 e. The van der Waals surface area contributed by atoms with Gasteiger partial charge in [-0.15, -0.1) is 0 Å². The molecule has 0 atom stereocenters.